The third-order valence-electron chi connectivity index (χ3n) is 5.16. The average molecular weight is 461 g/mol. The Labute approximate surface area is 186 Å². The standard InChI is InChI=1S/C21H24N4O6S/c26-20(23-17-2-1-3-18(14-17)25-10-13-31-21(25)27)22-15-16-4-6-19(7-5-16)32(28,29)24-8-11-30-12-9-24/h1-7,14H,8-13,15H2,(H2,22,23,26). The Hall–Kier alpha value is -3.15. The molecule has 0 spiro atoms. The molecule has 0 radical (unpaired) electrons. The van der Waals surface area contributed by atoms with Crippen LogP contribution in [0.2, 0.25) is 0 Å². The minimum Gasteiger partial charge on any atom is -0.447 e. The molecule has 0 bridgehead atoms. The van der Waals surface area contributed by atoms with Crippen molar-refractivity contribution in [3.63, 3.8) is 0 Å². The molecular weight excluding hydrogens is 436 g/mol. The highest BCUT2D eigenvalue weighted by molar-refractivity contribution is 7.89. The van der Waals surface area contributed by atoms with Crippen LogP contribution in [-0.2, 0) is 26.0 Å². The van der Waals surface area contributed by atoms with Gasteiger partial charge < -0.3 is 20.1 Å². The number of nitrogens with zero attached hydrogens (tertiary/aromatic N) is 2. The van der Waals surface area contributed by atoms with Crippen molar-refractivity contribution in [2.45, 2.75) is 11.4 Å². The van der Waals surface area contributed by atoms with E-state index in [-0.39, 0.29) is 11.4 Å². The maximum atomic E-state index is 12.7. The number of amides is 3. The van der Waals surface area contributed by atoms with E-state index in [1.54, 1.807) is 36.4 Å². The van der Waals surface area contributed by atoms with Crippen molar-refractivity contribution in [3.05, 3.63) is 54.1 Å². The fourth-order valence-electron chi connectivity index (χ4n) is 3.45. The van der Waals surface area contributed by atoms with Gasteiger partial charge in [0.25, 0.3) is 0 Å². The van der Waals surface area contributed by atoms with Crippen molar-refractivity contribution in [3.8, 4) is 0 Å². The van der Waals surface area contributed by atoms with Gasteiger partial charge in [-0.15, -0.1) is 0 Å². The third kappa shape index (κ3) is 5.01. The molecule has 2 aromatic carbocycles. The second kappa shape index (κ2) is 9.55. The maximum absolute atomic E-state index is 12.7. The van der Waals surface area contributed by atoms with E-state index in [2.05, 4.69) is 10.6 Å². The lowest BCUT2D eigenvalue weighted by atomic mass is 10.2. The Morgan fingerprint density at radius 3 is 2.44 bits per heavy atom. The Kier molecular flexibility index (Phi) is 6.58. The Morgan fingerprint density at radius 1 is 1.00 bits per heavy atom. The van der Waals surface area contributed by atoms with Gasteiger partial charge in [-0.2, -0.15) is 4.31 Å². The van der Waals surface area contributed by atoms with Gasteiger partial charge in [0.15, 0.2) is 0 Å². The van der Waals surface area contributed by atoms with Crippen molar-refractivity contribution in [2.75, 3.05) is 49.7 Å². The molecule has 11 heteroatoms. The van der Waals surface area contributed by atoms with E-state index in [0.717, 1.165) is 5.56 Å². The Bertz CT molecular complexity index is 1080. The zero-order chi connectivity index (χ0) is 22.6. The van der Waals surface area contributed by atoms with Crippen LogP contribution in [0.25, 0.3) is 0 Å². The molecule has 2 aliphatic heterocycles. The van der Waals surface area contributed by atoms with Gasteiger partial charge in [0, 0.05) is 31.0 Å². The molecular formula is C21H24N4O6S. The maximum Gasteiger partial charge on any atom is 0.414 e. The summed E-state index contributed by atoms with van der Waals surface area (Å²) in [7, 11) is -3.55. The van der Waals surface area contributed by atoms with Gasteiger partial charge in [-0.1, -0.05) is 18.2 Å². The van der Waals surface area contributed by atoms with Crippen LogP contribution in [0.3, 0.4) is 0 Å². The number of ether oxygens (including phenoxy) is 2. The molecule has 0 aliphatic carbocycles. The molecule has 10 nitrogen and oxygen atoms in total. The summed E-state index contributed by atoms with van der Waals surface area (Å²) < 4.78 is 36.9. The van der Waals surface area contributed by atoms with Crippen molar-refractivity contribution < 1.29 is 27.5 Å². The number of rotatable bonds is 6. The van der Waals surface area contributed by atoms with E-state index in [4.69, 9.17) is 9.47 Å². The molecule has 3 amide bonds. The molecule has 0 aromatic heterocycles. The van der Waals surface area contributed by atoms with E-state index >= 15 is 0 Å². The fourth-order valence-corrected chi connectivity index (χ4v) is 4.86. The highest BCUT2D eigenvalue weighted by Crippen LogP contribution is 2.22. The number of cyclic esters (lactones) is 1. The summed E-state index contributed by atoms with van der Waals surface area (Å²) in [6.45, 7) is 2.48. The van der Waals surface area contributed by atoms with E-state index < -0.39 is 22.1 Å². The molecule has 2 saturated heterocycles. The zero-order valence-corrected chi connectivity index (χ0v) is 18.1. The summed E-state index contributed by atoms with van der Waals surface area (Å²) in [6.07, 6.45) is -0.411. The zero-order valence-electron chi connectivity index (χ0n) is 17.3. The van der Waals surface area contributed by atoms with Crippen LogP contribution in [0.5, 0.6) is 0 Å². The summed E-state index contributed by atoms with van der Waals surface area (Å²) >= 11 is 0. The molecule has 2 N–H and O–H groups in total. The van der Waals surface area contributed by atoms with E-state index in [9.17, 15) is 18.0 Å². The van der Waals surface area contributed by atoms with Crippen LogP contribution in [-0.4, -0.2) is 64.3 Å². The van der Waals surface area contributed by atoms with Gasteiger partial charge in [-0.25, -0.2) is 18.0 Å². The number of hydrogen-bond donors (Lipinski definition) is 2. The summed E-state index contributed by atoms with van der Waals surface area (Å²) in [6, 6.07) is 12.9. The predicted octanol–water partition coefficient (Wildman–Crippen LogP) is 1.99. The molecule has 0 atom stereocenters. The summed E-state index contributed by atoms with van der Waals surface area (Å²) in [5, 5.41) is 5.46. The van der Waals surface area contributed by atoms with E-state index in [0.29, 0.717) is 50.8 Å². The molecule has 4 rings (SSSR count). The first kappa shape index (κ1) is 22.1. The van der Waals surface area contributed by atoms with Crippen LogP contribution in [0.4, 0.5) is 21.0 Å². The largest absolute Gasteiger partial charge is 0.447 e. The molecule has 0 saturated carbocycles. The lowest BCUT2D eigenvalue weighted by Gasteiger charge is -2.26. The number of hydrogen-bond acceptors (Lipinski definition) is 6. The minimum absolute atomic E-state index is 0.213. The lowest BCUT2D eigenvalue weighted by Crippen LogP contribution is -2.40. The van der Waals surface area contributed by atoms with Crippen LogP contribution < -0.4 is 15.5 Å². The number of sulfonamides is 1. The minimum atomic E-state index is -3.55. The highest BCUT2D eigenvalue weighted by atomic mass is 32.2. The van der Waals surface area contributed by atoms with Gasteiger partial charge in [0.05, 0.1) is 24.7 Å². The Morgan fingerprint density at radius 2 is 1.75 bits per heavy atom. The molecule has 2 fully saturated rings. The molecule has 32 heavy (non-hydrogen) atoms. The average Bonchev–Trinajstić information content (AvgIpc) is 3.24. The monoisotopic (exact) mass is 460 g/mol. The topological polar surface area (TPSA) is 117 Å². The van der Waals surface area contributed by atoms with Crippen LogP contribution in [0, 0.1) is 0 Å². The summed E-state index contributed by atoms with van der Waals surface area (Å²) in [5.74, 6) is 0. The first-order chi connectivity index (χ1) is 15.4. The van der Waals surface area contributed by atoms with Gasteiger partial charge in [-0.3, -0.25) is 4.90 Å². The third-order valence-corrected chi connectivity index (χ3v) is 7.07. The number of carbonyl (C=O) groups excluding carboxylic acids is 2. The van der Waals surface area contributed by atoms with Gasteiger partial charge >= 0.3 is 12.1 Å². The van der Waals surface area contributed by atoms with Crippen LogP contribution in [0.1, 0.15) is 5.56 Å². The molecule has 2 aromatic rings. The predicted molar refractivity (Wildman–Crippen MR) is 117 cm³/mol. The molecule has 2 heterocycles. The van der Waals surface area contributed by atoms with Crippen molar-refractivity contribution in [1.82, 2.24) is 9.62 Å². The Balaban J connectivity index is 1.32. The second-order valence-corrected chi connectivity index (χ2v) is 9.22. The first-order valence-corrected chi connectivity index (χ1v) is 11.6. The van der Waals surface area contributed by atoms with Crippen LogP contribution in [0.15, 0.2) is 53.4 Å². The number of nitrogens with one attached hydrogen (secondary N) is 2. The van der Waals surface area contributed by atoms with E-state index in [1.165, 1.54) is 21.3 Å². The number of morpholine rings is 1. The highest BCUT2D eigenvalue weighted by Gasteiger charge is 2.26. The molecule has 0 unspecified atom stereocenters. The van der Waals surface area contributed by atoms with E-state index in [1.807, 2.05) is 0 Å². The van der Waals surface area contributed by atoms with Crippen molar-refractivity contribution in [2.24, 2.45) is 0 Å². The van der Waals surface area contributed by atoms with Gasteiger partial charge in [0.1, 0.15) is 6.61 Å². The summed E-state index contributed by atoms with van der Waals surface area (Å²) in [5.41, 5.74) is 1.93. The van der Waals surface area contributed by atoms with Crippen molar-refractivity contribution >= 4 is 33.5 Å². The summed E-state index contributed by atoms with van der Waals surface area (Å²) in [4.78, 5) is 25.7. The molecule has 2 aliphatic rings. The smallest absolute Gasteiger partial charge is 0.414 e. The second-order valence-electron chi connectivity index (χ2n) is 7.28. The van der Waals surface area contributed by atoms with Gasteiger partial charge in [0.2, 0.25) is 10.0 Å². The fraction of sp³-hybridized carbons (Fsp3) is 0.333. The molecule has 170 valence electrons. The van der Waals surface area contributed by atoms with Crippen molar-refractivity contribution in [1.29, 1.82) is 0 Å². The number of urea groups is 1. The SMILES string of the molecule is O=C(NCc1ccc(S(=O)(=O)N2CCOCC2)cc1)Nc1cccc(N2CCOC2=O)c1. The normalized spacial score (nSPS) is 17.1. The number of anilines is 2. The number of carbonyl (C=O) groups is 2. The van der Waals surface area contributed by atoms with Crippen LogP contribution >= 0.6 is 0 Å². The lowest BCUT2D eigenvalue weighted by molar-refractivity contribution is 0.0730. The number of benzene rings is 2. The quantitative estimate of drug-likeness (QED) is 0.681. The first-order valence-electron chi connectivity index (χ1n) is 10.2. The van der Waals surface area contributed by atoms with Gasteiger partial charge in [-0.05, 0) is 35.9 Å².